The van der Waals surface area contributed by atoms with Gasteiger partial charge in [0, 0.05) is 35.6 Å². The maximum Gasteiger partial charge on any atom is 0.276 e. The van der Waals surface area contributed by atoms with Crippen molar-refractivity contribution < 1.29 is 19.1 Å². The van der Waals surface area contributed by atoms with Crippen LogP contribution in [0.4, 0.5) is 10.1 Å². The number of aromatic amines is 1. The molecule has 1 unspecified atom stereocenters. The number of rotatable bonds is 6. The number of anilines is 1. The third-order valence-corrected chi connectivity index (χ3v) is 6.87. The van der Waals surface area contributed by atoms with Crippen molar-refractivity contribution in [2.24, 2.45) is 0 Å². The highest BCUT2D eigenvalue weighted by Crippen LogP contribution is 2.33. The Labute approximate surface area is 224 Å². The number of nitriles is 1. The molecule has 5 rings (SSSR count). The summed E-state index contributed by atoms with van der Waals surface area (Å²) in [5.41, 5.74) is 3.89. The molecule has 2 aromatic heterocycles. The summed E-state index contributed by atoms with van der Waals surface area (Å²) in [7, 11) is 0. The SMILES string of the molecule is CC1CN(C(=O)c2ccc[nH]2)Cc2c(C(=O)Nc3cccc([C@H](C)O)c3)nn(Cc3ccc(F)cc3C#N)c21. The monoisotopic (exact) mass is 526 g/mol. The van der Waals surface area contributed by atoms with Crippen LogP contribution < -0.4 is 5.32 Å². The Hall–Kier alpha value is -4.75. The zero-order chi connectivity index (χ0) is 27.7. The number of fused-ring (bicyclic) bond motifs is 1. The minimum absolute atomic E-state index is 0.156. The number of carbonyl (C=O) groups excluding carboxylic acids is 2. The topological polar surface area (TPSA) is 127 Å². The van der Waals surface area contributed by atoms with E-state index in [0.717, 1.165) is 5.69 Å². The first-order chi connectivity index (χ1) is 18.7. The Morgan fingerprint density at radius 2 is 2.08 bits per heavy atom. The number of hydrogen-bond acceptors (Lipinski definition) is 5. The summed E-state index contributed by atoms with van der Waals surface area (Å²) in [6.07, 6.45) is 0.979. The van der Waals surface area contributed by atoms with Crippen LogP contribution in [0.3, 0.4) is 0 Å². The van der Waals surface area contributed by atoms with Crippen LogP contribution in [0.2, 0.25) is 0 Å². The second-order valence-corrected chi connectivity index (χ2v) is 9.71. The Morgan fingerprint density at radius 1 is 1.26 bits per heavy atom. The van der Waals surface area contributed by atoms with E-state index in [2.05, 4.69) is 15.4 Å². The molecule has 9 nitrogen and oxygen atoms in total. The van der Waals surface area contributed by atoms with Crippen LogP contribution in [-0.4, -0.2) is 43.1 Å². The van der Waals surface area contributed by atoms with Crippen molar-refractivity contribution in [1.82, 2.24) is 19.7 Å². The van der Waals surface area contributed by atoms with Crippen molar-refractivity contribution in [2.75, 3.05) is 11.9 Å². The molecule has 1 aliphatic rings. The van der Waals surface area contributed by atoms with Gasteiger partial charge in [0.05, 0.1) is 30.8 Å². The molecule has 2 aromatic carbocycles. The van der Waals surface area contributed by atoms with Crippen molar-refractivity contribution in [3.05, 3.63) is 106 Å². The van der Waals surface area contributed by atoms with E-state index in [9.17, 15) is 24.3 Å². The number of aromatic nitrogens is 3. The number of aliphatic hydroxyl groups excluding tert-OH is 1. The second kappa shape index (κ2) is 10.6. The zero-order valence-corrected chi connectivity index (χ0v) is 21.5. The summed E-state index contributed by atoms with van der Waals surface area (Å²) in [5, 5.41) is 27.0. The number of nitrogens with one attached hydrogen (secondary N) is 2. The Bertz CT molecular complexity index is 1580. The maximum atomic E-state index is 13.8. The maximum absolute atomic E-state index is 13.8. The van der Waals surface area contributed by atoms with E-state index in [1.807, 2.05) is 13.0 Å². The van der Waals surface area contributed by atoms with Crippen LogP contribution in [0.1, 0.15) is 74.8 Å². The average Bonchev–Trinajstić information content (AvgIpc) is 3.58. The molecule has 2 amide bonds. The molecule has 1 aliphatic heterocycles. The summed E-state index contributed by atoms with van der Waals surface area (Å²) in [6.45, 7) is 4.33. The lowest BCUT2D eigenvalue weighted by molar-refractivity contribution is 0.0711. The van der Waals surface area contributed by atoms with E-state index in [1.54, 1.807) is 59.1 Å². The van der Waals surface area contributed by atoms with Gasteiger partial charge in [-0.2, -0.15) is 10.4 Å². The number of nitrogens with zero attached hydrogens (tertiary/aromatic N) is 4. The van der Waals surface area contributed by atoms with E-state index in [-0.39, 0.29) is 36.2 Å². The fourth-order valence-corrected chi connectivity index (χ4v) is 5.00. The van der Waals surface area contributed by atoms with Gasteiger partial charge < -0.3 is 20.3 Å². The summed E-state index contributed by atoms with van der Waals surface area (Å²) >= 11 is 0. The Balaban J connectivity index is 1.54. The van der Waals surface area contributed by atoms with Gasteiger partial charge in [0.1, 0.15) is 11.5 Å². The summed E-state index contributed by atoms with van der Waals surface area (Å²) < 4.78 is 15.4. The van der Waals surface area contributed by atoms with E-state index in [4.69, 9.17) is 0 Å². The third-order valence-electron chi connectivity index (χ3n) is 6.87. The van der Waals surface area contributed by atoms with Crippen LogP contribution >= 0.6 is 0 Å². The normalized spacial score (nSPS) is 15.4. The summed E-state index contributed by atoms with van der Waals surface area (Å²) in [5.74, 6) is -1.34. The number of hydrogen-bond donors (Lipinski definition) is 3. The third kappa shape index (κ3) is 5.17. The lowest BCUT2D eigenvalue weighted by Crippen LogP contribution is -2.38. The Morgan fingerprint density at radius 3 is 2.79 bits per heavy atom. The molecule has 0 saturated carbocycles. The second-order valence-electron chi connectivity index (χ2n) is 9.71. The minimum Gasteiger partial charge on any atom is -0.389 e. The molecule has 0 fully saturated rings. The van der Waals surface area contributed by atoms with Crippen molar-refractivity contribution >= 4 is 17.5 Å². The molecule has 0 saturated heterocycles. The van der Waals surface area contributed by atoms with Gasteiger partial charge in [-0.15, -0.1) is 0 Å². The van der Waals surface area contributed by atoms with Crippen LogP contribution in [0, 0.1) is 17.1 Å². The first-order valence-corrected chi connectivity index (χ1v) is 12.5. The standard InChI is InChI=1S/C29H27FN6O3/c1-17-14-35(29(39)25-7-4-10-32-25)16-24-26(28(38)33-23-6-3-5-19(12-23)18(2)37)34-36(27(17)24)15-20-8-9-22(30)11-21(20)13-31/h3-12,17-18,32,37H,14-16H2,1-2H3,(H,33,38)/t17?,18-/m0/s1. The number of amides is 2. The molecule has 198 valence electrons. The fourth-order valence-electron chi connectivity index (χ4n) is 5.00. The lowest BCUT2D eigenvalue weighted by atomic mass is 9.95. The van der Waals surface area contributed by atoms with Gasteiger partial charge >= 0.3 is 0 Å². The molecule has 3 heterocycles. The number of carbonyl (C=O) groups is 2. The van der Waals surface area contributed by atoms with Gasteiger partial charge in [-0.3, -0.25) is 14.3 Å². The smallest absolute Gasteiger partial charge is 0.276 e. The molecular weight excluding hydrogens is 499 g/mol. The molecular formula is C29H27FN6O3. The highest BCUT2D eigenvalue weighted by atomic mass is 19.1. The van der Waals surface area contributed by atoms with Crippen molar-refractivity contribution in [1.29, 1.82) is 5.26 Å². The molecule has 2 atom stereocenters. The first kappa shape index (κ1) is 25.9. The summed E-state index contributed by atoms with van der Waals surface area (Å²) in [6, 6.07) is 16.4. The Kier molecular flexibility index (Phi) is 7.00. The van der Waals surface area contributed by atoms with Crippen LogP contribution in [0.5, 0.6) is 0 Å². The van der Waals surface area contributed by atoms with E-state index in [0.29, 0.717) is 34.6 Å². The highest BCUT2D eigenvalue weighted by Gasteiger charge is 2.35. The van der Waals surface area contributed by atoms with Gasteiger partial charge in [0.25, 0.3) is 11.8 Å². The van der Waals surface area contributed by atoms with Crippen molar-refractivity contribution in [3.63, 3.8) is 0 Å². The fraction of sp³-hybridized carbons (Fsp3) is 0.241. The molecule has 39 heavy (non-hydrogen) atoms. The minimum atomic E-state index is -0.702. The van der Waals surface area contributed by atoms with Crippen LogP contribution in [0.25, 0.3) is 0 Å². The number of benzene rings is 2. The zero-order valence-electron chi connectivity index (χ0n) is 21.5. The molecule has 4 aromatic rings. The van der Waals surface area contributed by atoms with Gasteiger partial charge in [-0.05, 0) is 54.4 Å². The van der Waals surface area contributed by atoms with Crippen molar-refractivity contribution in [2.45, 2.75) is 39.0 Å². The highest BCUT2D eigenvalue weighted by molar-refractivity contribution is 6.04. The van der Waals surface area contributed by atoms with Crippen LogP contribution in [-0.2, 0) is 13.1 Å². The largest absolute Gasteiger partial charge is 0.389 e. The molecule has 10 heteroatoms. The average molecular weight is 527 g/mol. The lowest BCUT2D eigenvalue weighted by Gasteiger charge is -2.32. The summed E-state index contributed by atoms with van der Waals surface area (Å²) in [4.78, 5) is 31.3. The number of halogens is 1. The molecule has 0 radical (unpaired) electrons. The van der Waals surface area contributed by atoms with Gasteiger partial charge in [-0.25, -0.2) is 4.39 Å². The van der Waals surface area contributed by atoms with Gasteiger partial charge in [0.2, 0.25) is 0 Å². The van der Waals surface area contributed by atoms with E-state index in [1.165, 1.54) is 18.2 Å². The van der Waals surface area contributed by atoms with E-state index >= 15 is 0 Å². The number of H-pyrrole nitrogens is 1. The van der Waals surface area contributed by atoms with E-state index < -0.39 is 17.8 Å². The molecule has 0 bridgehead atoms. The van der Waals surface area contributed by atoms with Gasteiger partial charge in [0.15, 0.2) is 5.69 Å². The first-order valence-electron chi connectivity index (χ1n) is 12.5. The molecule has 0 spiro atoms. The predicted molar refractivity (Wildman–Crippen MR) is 141 cm³/mol. The predicted octanol–water partition coefficient (Wildman–Crippen LogP) is 4.34. The molecule has 0 aliphatic carbocycles. The molecule has 3 N–H and O–H groups in total. The van der Waals surface area contributed by atoms with Crippen LogP contribution in [0.15, 0.2) is 60.8 Å². The quantitative estimate of drug-likeness (QED) is 0.345. The van der Waals surface area contributed by atoms with Gasteiger partial charge in [-0.1, -0.05) is 25.1 Å². The van der Waals surface area contributed by atoms with Crippen molar-refractivity contribution in [3.8, 4) is 6.07 Å². The number of aliphatic hydroxyl groups is 1.